The molecule has 0 aliphatic heterocycles. The molecular weight excluding hydrogens is 309 g/mol. The van der Waals surface area contributed by atoms with Crippen LogP contribution in [0.1, 0.15) is 78.1 Å². The number of hydrogen-bond donors (Lipinski definition) is 0. The van der Waals surface area contributed by atoms with Crippen molar-refractivity contribution in [3.63, 3.8) is 0 Å². The van der Waals surface area contributed by atoms with Crippen LogP contribution in [0.3, 0.4) is 0 Å². The van der Waals surface area contributed by atoms with Crippen molar-refractivity contribution in [2.45, 2.75) is 96.6 Å². The first-order valence-corrected chi connectivity index (χ1v) is 10.4. The molecule has 140 valence electrons. The Hall–Kier alpha value is -0.210. The Morgan fingerprint density at radius 1 is 0.625 bits per heavy atom. The molecule has 3 rings (SSSR count). The zero-order chi connectivity index (χ0) is 17.3. The Labute approximate surface area is 146 Å². The van der Waals surface area contributed by atoms with Crippen LogP contribution in [-0.4, -0.2) is 18.5 Å². The van der Waals surface area contributed by atoms with E-state index in [4.69, 9.17) is 0 Å². The molecule has 0 aromatic rings. The summed E-state index contributed by atoms with van der Waals surface area (Å²) < 4.78 is 42.9. The number of halogens is 3. The first-order chi connectivity index (χ1) is 11.5. The van der Waals surface area contributed by atoms with E-state index in [2.05, 4.69) is 13.8 Å². The maximum absolute atomic E-state index is 14.9. The minimum Gasteiger partial charge on any atom is -0.247 e. The van der Waals surface area contributed by atoms with Gasteiger partial charge in [0.15, 0.2) is 0 Å². The minimum atomic E-state index is -0.792. The molecule has 0 radical (unpaired) electrons. The molecule has 6 unspecified atom stereocenters. The molecule has 0 heterocycles. The molecule has 3 aliphatic carbocycles. The standard InChI is InChI=1S/C21H35F3/c1-13(2)15-5-9-19(20(23)11-15)16-6-10-18(21(24)12-16)14-3-7-17(22)8-4-14/h13-21H,3-12H2,1-2H3. The van der Waals surface area contributed by atoms with Gasteiger partial charge in [0, 0.05) is 0 Å². The fourth-order valence-electron chi connectivity index (χ4n) is 5.90. The SMILES string of the molecule is CC(C)C1CCC(C2CCC(C3CCC(F)CC3)C(F)C2)C(F)C1. The summed E-state index contributed by atoms with van der Waals surface area (Å²) in [5.74, 6) is 1.85. The van der Waals surface area contributed by atoms with Gasteiger partial charge < -0.3 is 0 Å². The van der Waals surface area contributed by atoms with E-state index in [9.17, 15) is 13.2 Å². The zero-order valence-corrected chi connectivity index (χ0v) is 15.4. The lowest BCUT2D eigenvalue weighted by atomic mass is 9.64. The molecule has 3 fully saturated rings. The number of hydrogen-bond acceptors (Lipinski definition) is 0. The van der Waals surface area contributed by atoms with Gasteiger partial charge >= 0.3 is 0 Å². The van der Waals surface area contributed by atoms with Gasteiger partial charge in [0.25, 0.3) is 0 Å². The van der Waals surface area contributed by atoms with Gasteiger partial charge in [0.05, 0.1) is 0 Å². The second-order valence-corrected chi connectivity index (χ2v) is 9.26. The van der Waals surface area contributed by atoms with Crippen molar-refractivity contribution < 1.29 is 13.2 Å². The number of rotatable bonds is 3. The molecule has 0 amide bonds. The zero-order valence-electron chi connectivity index (χ0n) is 15.4. The predicted octanol–water partition coefficient (Wildman–Crippen LogP) is 6.68. The molecule has 3 saturated carbocycles. The maximum Gasteiger partial charge on any atom is 0.103 e. The van der Waals surface area contributed by atoms with Crippen molar-refractivity contribution in [1.29, 1.82) is 0 Å². The summed E-state index contributed by atoms with van der Waals surface area (Å²) in [5, 5.41) is 0. The highest BCUT2D eigenvalue weighted by Crippen LogP contribution is 2.47. The first-order valence-electron chi connectivity index (χ1n) is 10.4. The molecule has 0 aromatic heterocycles. The van der Waals surface area contributed by atoms with Gasteiger partial charge in [-0.05, 0) is 99.7 Å². The quantitative estimate of drug-likeness (QED) is 0.535. The van der Waals surface area contributed by atoms with Crippen LogP contribution in [0.5, 0.6) is 0 Å². The first kappa shape index (κ1) is 18.6. The highest BCUT2D eigenvalue weighted by molar-refractivity contribution is 4.92. The average molecular weight is 345 g/mol. The van der Waals surface area contributed by atoms with Crippen molar-refractivity contribution in [1.82, 2.24) is 0 Å². The second kappa shape index (κ2) is 7.99. The van der Waals surface area contributed by atoms with Crippen LogP contribution in [0.25, 0.3) is 0 Å². The molecule has 0 spiro atoms. The third-order valence-electron chi connectivity index (χ3n) is 7.58. The van der Waals surface area contributed by atoms with Crippen LogP contribution in [0.15, 0.2) is 0 Å². The Balaban J connectivity index is 1.52. The van der Waals surface area contributed by atoms with Crippen LogP contribution in [0, 0.1) is 35.5 Å². The van der Waals surface area contributed by atoms with Gasteiger partial charge in [-0.15, -0.1) is 0 Å². The van der Waals surface area contributed by atoms with E-state index in [1.807, 2.05) is 0 Å². The maximum atomic E-state index is 14.9. The second-order valence-electron chi connectivity index (χ2n) is 9.26. The molecular formula is C21H35F3. The smallest absolute Gasteiger partial charge is 0.103 e. The van der Waals surface area contributed by atoms with Crippen molar-refractivity contribution in [3.8, 4) is 0 Å². The molecule has 0 aromatic carbocycles. The average Bonchev–Trinajstić information content (AvgIpc) is 2.55. The summed E-state index contributed by atoms with van der Waals surface area (Å²) >= 11 is 0. The largest absolute Gasteiger partial charge is 0.247 e. The van der Waals surface area contributed by atoms with Crippen molar-refractivity contribution in [3.05, 3.63) is 0 Å². The summed E-state index contributed by atoms with van der Waals surface area (Å²) in [7, 11) is 0. The van der Waals surface area contributed by atoms with E-state index < -0.39 is 18.5 Å². The van der Waals surface area contributed by atoms with E-state index in [0.717, 1.165) is 38.5 Å². The Bertz CT molecular complexity index is 389. The van der Waals surface area contributed by atoms with E-state index in [1.54, 1.807) is 0 Å². The topological polar surface area (TPSA) is 0 Å². The molecule has 0 saturated heterocycles. The molecule has 0 bridgehead atoms. The summed E-state index contributed by atoms with van der Waals surface area (Å²) in [5.41, 5.74) is 0. The van der Waals surface area contributed by atoms with Gasteiger partial charge in [-0.25, -0.2) is 13.2 Å². The highest BCUT2D eigenvalue weighted by atomic mass is 19.1. The number of alkyl halides is 3. The third kappa shape index (κ3) is 4.12. The van der Waals surface area contributed by atoms with Crippen LogP contribution in [0.2, 0.25) is 0 Å². The molecule has 3 heteroatoms. The molecule has 3 aliphatic rings. The van der Waals surface area contributed by atoms with Gasteiger partial charge in [-0.2, -0.15) is 0 Å². The molecule has 0 nitrogen and oxygen atoms in total. The minimum absolute atomic E-state index is 0.0841. The summed E-state index contributed by atoms with van der Waals surface area (Å²) in [6, 6.07) is 0. The fourth-order valence-corrected chi connectivity index (χ4v) is 5.90. The summed E-state index contributed by atoms with van der Waals surface area (Å²) in [4.78, 5) is 0. The highest BCUT2D eigenvalue weighted by Gasteiger charge is 2.43. The van der Waals surface area contributed by atoms with E-state index in [-0.39, 0.29) is 17.8 Å². The van der Waals surface area contributed by atoms with Crippen LogP contribution < -0.4 is 0 Å². The van der Waals surface area contributed by atoms with E-state index >= 15 is 0 Å². The van der Waals surface area contributed by atoms with Crippen molar-refractivity contribution in [2.24, 2.45) is 35.5 Å². The van der Waals surface area contributed by atoms with Crippen LogP contribution in [-0.2, 0) is 0 Å². The lowest BCUT2D eigenvalue weighted by molar-refractivity contribution is 0.00123. The lowest BCUT2D eigenvalue weighted by Crippen LogP contribution is -2.40. The molecule has 0 N–H and O–H groups in total. The Kier molecular flexibility index (Phi) is 6.19. The van der Waals surface area contributed by atoms with Crippen LogP contribution >= 0.6 is 0 Å². The third-order valence-corrected chi connectivity index (χ3v) is 7.58. The summed E-state index contributed by atoms with van der Waals surface area (Å²) in [6.07, 6.45) is 5.90. The van der Waals surface area contributed by atoms with Crippen LogP contribution in [0.4, 0.5) is 13.2 Å². The van der Waals surface area contributed by atoms with Crippen molar-refractivity contribution >= 4 is 0 Å². The fraction of sp³-hybridized carbons (Fsp3) is 1.00. The van der Waals surface area contributed by atoms with E-state index in [0.29, 0.717) is 43.4 Å². The van der Waals surface area contributed by atoms with Gasteiger partial charge in [-0.3, -0.25) is 0 Å². The summed E-state index contributed by atoms with van der Waals surface area (Å²) in [6.45, 7) is 4.37. The van der Waals surface area contributed by atoms with Gasteiger partial charge in [-0.1, -0.05) is 13.8 Å². The monoisotopic (exact) mass is 344 g/mol. The normalized spacial score (nSPS) is 47.8. The van der Waals surface area contributed by atoms with E-state index in [1.165, 1.54) is 0 Å². The Morgan fingerprint density at radius 3 is 1.75 bits per heavy atom. The Morgan fingerprint density at radius 2 is 1.17 bits per heavy atom. The lowest BCUT2D eigenvalue weighted by Gasteiger charge is -2.44. The molecule has 6 atom stereocenters. The van der Waals surface area contributed by atoms with Gasteiger partial charge in [0.1, 0.15) is 18.5 Å². The van der Waals surface area contributed by atoms with Gasteiger partial charge in [0.2, 0.25) is 0 Å². The predicted molar refractivity (Wildman–Crippen MR) is 93.1 cm³/mol. The van der Waals surface area contributed by atoms with Crippen molar-refractivity contribution in [2.75, 3.05) is 0 Å². The molecule has 24 heavy (non-hydrogen) atoms.